The molecule has 0 atom stereocenters. The SMILES string of the molecule is CCOC(=O)c1c(F)ccc(F)c1O. The highest BCUT2D eigenvalue weighted by molar-refractivity contribution is 5.92. The quantitative estimate of drug-likeness (QED) is 0.744. The number of esters is 1. The molecule has 1 aromatic rings. The molecule has 0 fully saturated rings. The summed E-state index contributed by atoms with van der Waals surface area (Å²) in [5.41, 5.74) is -0.771. The van der Waals surface area contributed by atoms with Gasteiger partial charge in [0, 0.05) is 0 Å². The Kier molecular flexibility index (Phi) is 3.01. The fraction of sp³-hybridized carbons (Fsp3) is 0.222. The third-order valence-electron chi connectivity index (χ3n) is 1.56. The second kappa shape index (κ2) is 4.04. The van der Waals surface area contributed by atoms with E-state index in [2.05, 4.69) is 4.74 Å². The van der Waals surface area contributed by atoms with Crippen molar-refractivity contribution < 1.29 is 23.4 Å². The summed E-state index contributed by atoms with van der Waals surface area (Å²) in [6, 6.07) is 1.48. The summed E-state index contributed by atoms with van der Waals surface area (Å²) in [5.74, 6) is -4.18. The van der Waals surface area contributed by atoms with Gasteiger partial charge in [0.15, 0.2) is 11.6 Å². The van der Waals surface area contributed by atoms with Crippen molar-refractivity contribution in [2.24, 2.45) is 0 Å². The molecule has 76 valence electrons. The molecule has 1 rings (SSSR count). The van der Waals surface area contributed by atoms with Gasteiger partial charge in [0.25, 0.3) is 0 Å². The van der Waals surface area contributed by atoms with Crippen LogP contribution in [0.1, 0.15) is 17.3 Å². The van der Waals surface area contributed by atoms with Crippen molar-refractivity contribution >= 4 is 5.97 Å². The van der Waals surface area contributed by atoms with Gasteiger partial charge in [-0.25, -0.2) is 13.6 Å². The number of halogens is 2. The highest BCUT2D eigenvalue weighted by Gasteiger charge is 2.20. The van der Waals surface area contributed by atoms with Crippen molar-refractivity contribution in [2.45, 2.75) is 6.92 Å². The van der Waals surface area contributed by atoms with Gasteiger partial charge in [-0.15, -0.1) is 0 Å². The Balaban J connectivity index is 3.18. The van der Waals surface area contributed by atoms with Crippen LogP contribution >= 0.6 is 0 Å². The van der Waals surface area contributed by atoms with Crippen LogP contribution in [-0.2, 0) is 4.74 Å². The molecule has 0 amide bonds. The molecule has 1 N–H and O–H groups in total. The molecular formula is C9H8F2O3. The van der Waals surface area contributed by atoms with E-state index in [-0.39, 0.29) is 6.61 Å². The summed E-state index contributed by atoms with van der Waals surface area (Å²) in [6.45, 7) is 1.54. The molecule has 1 aromatic carbocycles. The number of carbonyl (C=O) groups is 1. The zero-order valence-corrected chi connectivity index (χ0v) is 7.38. The zero-order chi connectivity index (χ0) is 10.7. The Morgan fingerprint density at radius 2 is 2.00 bits per heavy atom. The average molecular weight is 202 g/mol. The molecule has 3 nitrogen and oxygen atoms in total. The minimum absolute atomic E-state index is 0.0221. The molecule has 0 aromatic heterocycles. The maximum atomic E-state index is 13.0. The number of hydrogen-bond donors (Lipinski definition) is 1. The standard InChI is InChI=1S/C9H8F2O3/c1-2-14-9(13)7-5(10)3-4-6(11)8(7)12/h3-4,12H,2H2,1H3. The predicted octanol–water partition coefficient (Wildman–Crippen LogP) is 1.85. The molecule has 0 bridgehead atoms. The van der Waals surface area contributed by atoms with Crippen LogP contribution in [-0.4, -0.2) is 17.7 Å². The topological polar surface area (TPSA) is 46.5 Å². The molecule has 0 spiro atoms. The Bertz CT molecular complexity index is 363. The molecule has 0 aliphatic carbocycles. The first-order valence-electron chi connectivity index (χ1n) is 3.92. The van der Waals surface area contributed by atoms with Gasteiger partial charge < -0.3 is 9.84 Å². The molecule has 14 heavy (non-hydrogen) atoms. The molecule has 0 aliphatic rings. The lowest BCUT2D eigenvalue weighted by Crippen LogP contribution is -2.08. The molecule has 0 radical (unpaired) electrons. The number of phenolic OH excluding ortho intramolecular Hbond substituents is 1. The van der Waals surface area contributed by atoms with Crippen molar-refractivity contribution in [3.05, 3.63) is 29.3 Å². The zero-order valence-electron chi connectivity index (χ0n) is 7.38. The molecule has 0 unspecified atom stereocenters. The lowest BCUT2D eigenvalue weighted by Gasteiger charge is -2.05. The van der Waals surface area contributed by atoms with Crippen molar-refractivity contribution in [2.75, 3.05) is 6.61 Å². The second-order valence-corrected chi connectivity index (χ2v) is 2.47. The third kappa shape index (κ3) is 1.81. The van der Waals surface area contributed by atoms with E-state index in [4.69, 9.17) is 5.11 Å². The highest BCUT2D eigenvalue weighted by Crippen LogP contribution is 2.24. The summed E-state index contributed by atoms with van der Waals surface area (Å²) < 4.78 is 30.2. The maximum Gasteiger partial charge on any atom is 0.345 e. The first-order valence-corrected chi connectivity index (χ1v) is 3.92. The van der Waals surface area contributed by atoms with Gasteiger partial charge >= 0.3 is 5.97 Å². The number of benzene rings is 1. The number of phenols is 1. The van der Waals surface area contributed by atoms with E-state index in [0.29, 0.717) is 0 Å². The minimum atomic E-state index is -1.08. The fourth-order valence-corrected chi connectivity index (χ4v) is 0.939. The van der Waals surface area contributed by atoms with E-state index in [0.717, 1.165) is 12.1 Å². The van der Waals surface area contributed by atoms with E-state index in [1.807, 2.05) is 0 Å². The minimum Gasteiger partial charge on any atom is -0.504 e. The molecule has 0 heterocycles. The Morgan fingerprint density at radius 3 is 2.57 bits per heavy atom. The van der Waals surface area contributed by atoms with E-state index in [1.165, 1.54) is 6.92 Å². The van der Waals surface area contributed by atoms with E-state index < -0.39 is 28.9 Å². The van der Waals surface area contributed by atoms with Gasteiger partial charge in [0.1, 0.15) is 11.4 Å². The van der Waals surface area contributed by atoms with Crippen molar-refractivity contribution in [1.29, 1.82) is 0 Å². The van der Waals surface area contributed by atoms with Gasteiger partial charge in [-0.3, -0.25) is 0 Å². The molecular weight excluding hydrogens is 194 g/mol. The smallest absolute Gasteiger partial charge is 0.345 e. The molecule has 5 heteroatoms. The van der Waals surface area contributed by atoms with Gasteiger partial charge in [0.2, 0.25) is 0 Å². The van der Waals surface area contributed by atoms with Gasteiger partial charge in [-0.1, -0.05) is 0 Å². The van der Waals surface area contributed by atoms with Crippen LogP contribution in [0.15, 0.2) is 12.1 Å². The number of carbonyl (C=O) groups excluding carboxylic acids is 1. The molecule has 0 saturated heterocycles. The second-order valence-electron chi connectivity index (χ2n) is 2.47. The lowest BCUT2D eigenvalue weighted by atomic mass is 10.2. The largest absolute Gasteiger partial charge is 0.504 e. The van der Waals surface area contributed by atoms with Crippen LogP contribution in [0.2, 0.25) is 0 Å². The number of hydrogen-bond acceptors (Lipinski definition) is 3. The Morgan fingerprint density at radius 1 is 1.43 bits per heavy atom. The summed E-state index contributed by atoms with van der Waals surface area (Å²) >= 11 is 0. The van der Waals surface area contributed by atoms with Crippen molar-refractivity contribution in [3.63, 3.8) is 0 Å². The van der Waals surface area contributed by atoms with Crippen LogP contribution < -0.4 is 0 Å². The first-order chi connectivity index (χ1) is 6.57. The van der Waals surface area contributed by atoms with Crippen LogP contribution in [0, 0.1) is 11.6 Å². The summed E-state index contributed by atoms with van der Waals surface area (Å²) in [7, 11) is 0. The van der Waals surface area contributed by atoms with E-state index >= 15 is 0 Å². The van der Waals surface area contributed by atoms with Gasteiger partial charge in [-0.2, -0.15) is 0 Å². The van der Waals surface area contributed by atoms with E-state index in [9.17, 15) is 13.6 Å². The normalized spacial score (nSPS) is 9.93. The highest BCUT2D eigenvalue weighted by atomic mass is 19.1. The van der Waals surface area contributed by atoms with Gasteiger partial charge in [0.05, 0.1) is 6.61 Å². The predicted molar refractivity (Wildman–Crippen MR) is 44.0 cm³/mol. The number of ether oxygens (including phenoxy) is 1. The van der Waals surface area contributed by atoms with Crippen LogP contribution in [0.3, 0.4) is 0 Å². The maximum absolute atomic E-state index is 13.0. The van der Waals surface area contributed by atoms with E-state index in [1.54, 1.807) is 0 Å². The number of rotatable bonds is 2. The van der Waals surface area contributed by atoms with Crippen molar-refractivity contribution in [3.8, 4) is 5.75 Å². The Hall–Kier alpha value is -1.65. The molecule has 0 saturated carbocycles. The first kappa shape index (κ1) is 10.4. The van der Waals surface area contributed by atoms with Crippen molar-refractivity contribution in [1.82, 2.24) is 0 Å². The van der Waals surface area contributed by atoms with Crippen LogP contribution in [0.5, 0.6) is 5.75 Å². The summed E-state index contributed by atoms with van der Waals surface area (Å²) in [4.78, 5) is 11.0. The average Bonchev–Trinajstić information content (AvgIpc) is 2.13. The van der Waals surface area contributed by atoms with Crippen LogP contribution in [0.4, 0.5) is 8.78 Å². The van der Waals surface area contributed by atoms with Crippen LogP contribution in [0.25, 0.3) is 0 Å². The number of aromatic hydroxyl groups is 1. The lowest BCUT2D eigenvalue weighted by molar-refractivity contribution is 0.0516. The Labute approximate surface area is 78.9 Å². The fourth-order valence-electron chi connectivity index (χ4n) is 0.939. The molecule has 0 aliphatic heterocycles. The van der Waals surface area contributed by atoms with Gasteiger partial charge in [-0.05, 0) is 19.1 Å². The third-order valence-corrected chi connectivity index (χ3v) is 1.56. The monoisotopic (exact) mass is 202 g/mol. The summed E-state index contributed by atoms with van der Waals surface area (Å²) in [5, 5.41) is 9.06. The summed E-state index contributed by atoms with van der Waals surface area (Å²) in [6.07, 6.45) is 0.